The number of hydrogen-bond acceptors (Lipinski definition) is 1. The highest BCUT2D eigenvalue weighted by molar-refractivity contribution is 7.86. The van der Waals surface area contributed by atoms with Crippen LogP contribution in [0.2, 0.25) is 10.0 Å². The Bertz CT molecular complexity index is 687. The van der Waals surface area contributed by atoms with Crippen molar-refractivity contribution in [1.82, 2.24) is 0 Å². The highest BCUT2D eigenvalue weighted by Gasteiger charge is 2.76. The Morgan fingerprint density at radius 3 is 1.80 bits per heavy atom. The van der Waals surface area contributed by atoms with Gasteiger partial charge in [0.15, 0.2) is 3.79 Å². The van der Waals surface area contributed by atoms with E-state index < -0.39 is 58.9 Å². The van der Waals surface area contributed by atoms with Crippen LogP contribution in [0, 0.1) is 0 Å². The fourth-order valence-corrected chi connectivity index (χ4v) is 3.88. The molecule has 25 heavy (non-hydrogen) atoms. The second-order valence-electron chi connectivity index (χ2n) is 4.51. The van der Waals surface area contributed by atoms with Crippen molar-refractivity contribution in [1.29, 1.82) is 0 Å². The lowest BCUT2D eigenvalue weighted by Gasteiger charge is -2.28. The van der Waals surface area contributed by atoms with Crippen LogP contribution in [0.5, 0.6) is 0 Å². The lowest BCUT2D eigenvalue weighted by molar-refractivity contribution is -0.331. The Morgan fingerprint density at radius 1 is 0.920 bits per heavy atom. The first-order valence-electron chi connectivity index (χ1n) is 5.70. The van der Waals surface area contributed by atoms with Crippen LogP contribution in [0.25, 0.3) is 0 Å². The first-order valence-corrected chi connectivity index (χ1v) is 8.74. The molecule has 1 aromatic carbocycles. The maximum atomic E-state index is 13.7. The predicted octanol–water partition coefficient (Wildman–Crippen LogP) is 6.80. The maximum Gasteiger partial charge on any atom is 0.461 e. The molecule has 0 saturated heterocycles. The minimum absolute atomic E-state index is 0.451. The third-order valence-electron chi connectivity index (χ3n) is 2.65. The monoisotopic (exact) mass is 492 g/mol. The van der Waals surface area contributed by atoms with Crippen LogP contribution in [0.1, 0.15) is 5.56 Å². The number of alkyl halides is 10. The Labute approximate surface area is 163 Å². The summed E-state index contributed by atoms with van der Waals surface area (Å²) in [5.74, 6) is -6.60. The second-order valence-corrected chi connectivity index (χ2v) is 9.36. The summed E-state index contributed by atoms with van der Waals surface area (Å²) in [4.78, 5) is -1.21. The molecule has 0 aromatic heterocycles. The van der Waals surface area contributed by atoms with Gasteiger partial charge in [-0.2, -0.15) is 30.7 Å². The first kappa shape index (κ1) is 23.4. The molecule has 0 amide bonds. The van der Waals surface area contributed by atoms with Gasteiger partial charge in [-0.25, -0.2) is 4.21 Å². The molecule has 0 saturated carbocycles. The van der Waals surface area contributed by atoms with Gasteiger partial charge in [-0.15, -0.1) is 0 Å². The molecule has 1 atom stereocenters. The van der Waals surface area contributed by atoms with E-state index in [0.717, 1.165) is 6.07 Å². The molecular formula is C11H4Cl5F7OS. The molecule has 0 N–H and O–H groups in total. The van der Waals surface area contributed by atoms with Crippen molar-refractivity contribution < 1.29 is 34.9 Å². The fourth-order valence-electron chi connectivity index (χ4n) is 1.54. The first-order chi connectivity index (χ1) is 10.9. The third kappa shape index (κ3) is 4.99. The van der Waals surface area contributed by atoms with E-state index in [0.29, 0.717) is 6.07 Å². The van der Waals surface area contributed by atoms with Gasteiger partial charge in [0.05, 0.1) is 4.90 Å². The molecule has 144 valence electrons. The molecule has 0 spiro atoms. The van der Waals surface area contributed by atoms with Crippen LogP contribution >= 0.6 is 58.0 Å². The van der Waals surface area contributed by atoms with Gasteiger partial charge < -0.3 is 0 Å². The van der Waals surface area contributed by atoms with Crippen LogP contribution in [0.15, 0.2) is 17.0 Å². The van der Waals surface area contributed by atoms with E-state index in [-0.39, 0.29) is 0 Å². The van der Waals surface area contributed by atoms with E-state index in [1.807, 2.05) is 0 Å². The normalized spacial score (nSPS) is 15.4. The maximum absolute atomic E-state index is 13.7. The summed E-state index contributed by atoms with van der Waals surface area (Å²) in [5.41, 5.74) is -0.623. The topological polar surface area (TPSA) is 17.1 Å². The van der Waals surface area contributed by atoms with Crippen molar-refractivity contribution in [2.24, 2.45) is 0 Å². The summed E-state index contributed by atoms with van der Waals surface area (Å²) in [5, 5.41) is -7.00. The van der Waals surface area contributed by atoms with Gasteiger partial charge >= 0.3 is 17.4 Å². The third-order valence-corrected chi connectivity index (χ3v) is 5.09. The van der Waals surface area contributed by atoms with E-state index in [9.17, 15) is 34.9 Å². The largest absolute Gasteiger partial charge is 0.461 e. The van der Waals surface area contributed by atoms with E-state index in [2.05, 4.69) is 0 Å². The van der Waals surface area contributed by atoms with Gasteiger partial charge in [0.1, 0.15) is 10.8 Å². The van der Waals surface area contributed by atoms with Gasteiger partial charge in [-0.05, 0) is 17.7 Å². The van der Waals surface area contributed by atoms with Crippen molar-refractivity contribution in [2.75, 3.05) is 0 Å². The van der Waals surface area contributed by atoms with Crippen LogP contribution < -0.4 is 0 Å². The van der Waals surface area contributed by atoms with Crippen LogP contribution in [0.3, 0.4) is 0 Å². The highest BCUT2D eigenvalue weighted by Crippen LogP contribution is 2.50. The SMILES string of the molecule is O=S(c1cc(Cl)cc(Cl)c1CC(Cl)(Cl)Cl)C(F)(F)C(F)(F)C(F)(F)F. The highest BCUT2D eigenvalue weighted by atomic mass is 35.6. The number of halogens is 12. The van der Waals surface area contributed by atoms with E-state index in [4.69, 9.17) is 58.0 Å². The molecule has 1 rings (SSSR count). The summed E-state index contributed by atoms with van der Waals surface area (Å²) in [6, 6.07) is 1.41. The van der Waals surface area contributed by atoms with Crippen LogP contribution in [0.4, 0.5) is 30.7 Å². The molecule has 14 heteroatoms. The number of rotatable bonds is 4. The van der Waals surface area contributed by atoms with Gasteiger partial charge in [-0.1, -0.05) is 58.0 Å². The van der Waals surface area contributed by atoms with Crippen molar-refractivity contribution in [2.45, 2.75) is 32.5 Å². The molecule has 0 heterocycles. The summed E-state index contributed by atoms with van der Waals surface area (Å²) in [6.07, 6.45) is -7.47. The van der Waals surface area contributed by atoms with Crippen molar-refractivity contribution in [3.8, 4) is 0 Å². The van der Waals surface area contributed by atoms with Gasteiger partial charge in [-0.3, -0.25) is 0 Å². The Hall–Kier alpha value is 0.330. The number of hydrogen-bond donors (Lipinski definition) is 0. The Kier molecular flexibility index (Phi) is 6.91. The lowest BCUT2D eigenvalue weighted by Crippen LogP contribution is -2.54. The van der Waals surface area contributed by atoms with Gasteiger partial charge in [0.2, 0.25) is 0 Å². The Morgan fingerprint density at radius 2 is 1.40 bits per heavy atom. The molecule has 1 unspecified atom stereocenters. The summed E-state index contributed by atoms with van der Waals surface area (Å²) >= 11 is 27.6. The van der Waals surface area contributed by atoms with E-state index in [1.54, 1.807) is 0 Å². The molecule has 0 aliphatic heterocycles. The average Bonchev–Trinajstić information content (AvgIpc) is 2.37. The summed E-state index contributed by atoms with van der Waals surface area (Å²) in [6.45, 7) is 0. The van der Waals surface area contributed by atoms with Gasteiger partial charge in [0.25, 0.3) is 0 Å². The second kappa shape index (κ2) is 7.39. The zero-order valence-electron chi connectivity index (χ0n) is 11.2. The molecule has 1 nitrogen and oxygen atoms in total. The summed E-state index contributed by atoms with van der Waals surface area (Å²) < 4.78 is 100. The molecule has 1 aromatic rings. The zero-order chi connectivity index (χ0) is 20.0. The summed E-state index contributed by atoms with van der Waals surface area (Å²) in [7, 11) is -4.22. The molecular weight excluding hydrogens is 490 g/mol. The van der Waals surface area contributed by atoms with Crippen LogP contribution in [-0.2, 0) is 17.2 Å². The minimum Gasteiger partial charge on any atom is -0.248 e. The smallest absolute Gasteiger partial charge is 0.248 e. The molecule has 0 fully saturated rings. The predicted molar refractivity (Wildman–Crippen MR) is 82.8 cm³/mol. The molecule has 0 aliphatic carbocycles. The molecule has 0 radical (unpaired) electrons. The van der Waals surface area contributed by atoms with Crippen molar-refractivity contribution in [3.63, 3.8) is 0 Å². The van der Waals surface area contributed by atoms with Gasteiger partial charge in [0, 0.05) is 16.5 Å². The quantitative estimate of drug-likeness (QED) is 0.332. The van der Waals surface area contributed by atoms with E-state index >= 15 is 0 Å². The lowest BCUT2D eigenvalue weighted by atomic mass is 10.2. The minimum atomic E-state index is -6.66. The zero-order valence-corrected chi connectivity index (χ0v) is 15.8. The molecule has 0 bridgehead atoms. The fraction of sp³-hybridized carbons (Fsp3) is 0.455. The standard InChI is InChI=1S/C11H4Cl5F7OS/c12-4-1-6(13)5(3-8(14,15)16)7(2-4)25(24)11(22,23)9(17,18)10(19,20)21/h1-2H,3H2. The van der Waals surface area contributed by atoms with E-state index in [1.165, 1.54) is 0 Å². The molecule has 0 aliphatic rings. The number of benzene rings is 1. The average molecular weight is 494 g/mol. The van der Waals surface area contributed by atoms with Crippen LogP contribution in [-0.4, -0.2) is 25.4 Å². The Balaban J connectivity index is 3.57. The van der Waals surface area contributed by atoms with Crippen molar-refractivity contribution in [3.05, 3.63) is 27.7 Å². The van der Waals surface area contributed by atoms with Crippen molar-refractivity contribution >= 4 is 68.8 Å².